The third-order valence-electron chi connectivity index (χ3n) is 2.20. The lowest BCUT2D eigenvalue weighted by Crippen LogP contribution is -2.19. The average Bonchev–Trinajstić information content (AvgIpc) is 2.27. The summed E-state index contributed by atoms with van der Waals surface area (Å²) < 4.78 is 0. The predicted molar refractivity (Wildman–Crippen MR) is 58.5 cm³/mol. The molecule has 1 aromatic carbocycles. The second kappa shape index (κ2) is 5.32. The second-order valence-corrected chi connectivity index (χ2v) is 3.59. The Bertz CT molecular complexity index is 332. The number of aliphatic hydroxyl groups excluding tert-OH is 3. The van der Waals surface area contributed by atoms with E-state index in [2.05, 4.69) is 0 Å². The fourth-order valence-electron chi connectivity index (χ4n) is 1.25. The van der Waals surface area contributed by atoms with Crippen LogP contribution in [0.15, 0.2) is 18.2 Å². The summed E-state index contributed by atoms with van der Waals surface area (Å²) in [5, 5.41) is 28.0. The summed E-state index contributed by atoms with van der Waals surface area (Å²) in [4.78, 5) is 0. The van der Waals surface area contributed by atoms with Gasteiger partial charge in [0.1, 0.15) is 6.10 Å². The van der Waals surface area contributed by atoms with Gasteiger partial charge in [0.2, 0.25) is 0 Å². The third-order valence-corrected chi connectivity index (χ3v) is 2.52. The van der Waals surface area contributed by atoms with Crippen molar-refractivity contribution in [3.05, 3.63) is 29.3 Å². The van der Waals surface area contributed by atoms with Gasteiger partial charge in [-0.15, -0.1) is 11.6 Å². The van der Waals surface area contributed by atoms with E-state index < -0.39 is 12.2 Å². The van der Waals surface area contributed by atoms with Crippen molar-refractivity contribution in [1.82, 2.24) is 0 Å². The van der Waals surface area contributed by atoms with E-state index in [4.69, 9.17) is 22.4 Å². The molecule has 0 amide bonds. The first-order valence-electron chi connectivity index (χ1n) is 4.51. The first-order valence-corrected chi connectivity index (χ1v) is 5.04. The van der Waals surface area contributed by atoms with Crippen LogP contribution >= 0.6 is 11.6 Å². The quantitative estimate of drug-likeness (QED) is 0.446. The summed E-state index contributed by atoms with van der Waals surface area (Å²) in [5.41, 5.74) is 7.04. The Hall–Kier alpha value is -0.810. The Balaban J connectivity index is 2.95. The zero-order valence-electron chi connectivity index (χ0n) is 8.10. The van der Waals surface area contributed by atoms with Crippen molar-refractivity contribution in [3.63, 3.8) is 0 Å². The van der Waals surface area contributed by atoms with Gasteiger partial charge < -0.3 is 21.1 Å². The van der Waals surface area contributed by atoms with E-state index in [9.17, 15) is 10.2 Å². The number of rotatable bonds is 4. The van der Waals surface area contributed by atoms with Crippen LogP contribution in [0, 0.1) is 0 Å². The van der Waals surface area contributed by atoms with Crippen LogP contribution in [0.1, 0.15) is 17.2 Å². The fraction of sp³-hybridized carbons (Fsp3) is 0.400. The highest BCUT2D eigenvalue weighted by Crippen LogP contribution is 2.22. The molecular weight excluding hydrogens is 218 g/mol. The molecular formula is C10H14ClNO3. The molecule has 0 saturated heterocycles. The van der Waals surface area contributed by atoms with E-state index in [1.54, 1.807) is 18.2 Å². The molecule has 1 aromatic rings. The lowest BCUT2D eigenvalue weighted by atomic mass is 10.0. The molecule has 1 rings (SSSR count). The van der Waals surface area contributed by atoms with E-state index in [1.807, 2.05) is 0 Å². The molecule has 2 unspecified atom stereocenters. The highest BCUT2D eigenvalue weighted by molar-refractivity contribution is 6.18. The molecule has 84 valence electrons. The first-order chi connectivity index (χ1) is 7.10. The lowest BCUT2D eigenvalue weighted by molar-refractivity contribution is 0.0326. The maximum atomic E-state index is 9.64. The van der Waals surface area contributed by atoms with Gasteiger partial charge in [0.05, 0.1) is 18.6 Å². The van der Waals surface area contributed by atoms with Crippen molar-refractivity contribution >= 4 is 17.3 Å². The van der Waals surface area contributed by atoms with Gasteiger partial charge >= 0.3 is 0 Å². The number of benzene rings is 1. The number of nitrogen functional groups attached to an aromatic ring is 1. The van der Waals surface area contributed by atoms with E-state index in [1.165, 1.54) is 0 Å². The van der Waals surface area contributed by atoms with Gasteiger partial charge in [0.25, 0.3) is 0 Å². The van der Waals surface area contributed by atoms with Gasteiger partial charge in [-0.1, -0.05) is 6.07 Å². The van der Waals surface area contributed by atoms with Crippen molar-refractivity contribution in [2.24, 2.45) is 0 Å². The molecule has 0 heterocycles. The summed E-state index contributed by atoms with van der Waals surface area (Å²) in [7, 11) is 0. The van der Waals surface area contributed by atoms with Crippen molar-refractivity contribution in [3.8, 4) is 0 Å². The normalized spacial score (nSPS) is 14.9. The standard InChI is InChI=1S/C10H14ClNO3/c11-4-9(14)10(15)6-1-2-8(12)7(3-6)5-13/h1-3,9-10,13-15H,4-5,12H2. The minimum atomic E-state index is -1.06. The van der Waals surface area contributed by atoms with Crippen LogP contribution in [0.5, 0.6) is 0 Å². The van der Waals surface area contributed by atoms with E-state index in [0.717, 1.165) is 0 Å². The molecule has 0 aromatic heterocycles. The lowest BCUT2D eigenvalue weighted by Gasteiger charge is -2.16. The average molecular weight is 232 g/mol. The summed E-state index contributed by atoms with van der Waals surface area (Å²) >= 11 is 5.42. The number of hydrogen-bond donors (Lipinski definition) is 4. The molecule has 0 aliphatic heterocycles. The maximum absolute atomic E-state index is 9.64. The Morgan fingerprint density at radius 2 is 2.00 bits per heavy atom. The van der Waals surface area contributed by atoms with E-state index in [-0.39, 0.29) is 12.5 Å². The largest absolute Gasteiger partial charge is 0.398 e. The van der Waals surface area contributed by atoms with Gasteiger partial charge in [-0.2, -0.15) is 0 Å². The molecule has 0 spiro atoms. The monoisotopic (exact) mass is 231 g/mol. The Morgan fingerprint density at radius 3 is 2.53 bits per heavy atom. The maximum Gasteiger partial charge on any atom is 0.106 e. The molecule has 15 heavy (non-hydrogen) atoms. The number of halogens is 1. The predicted octanol–water partition coefficient (Wildman–Crippen LogP) is 0.394. The molecule has 2 atom stereocenters. The summed E-state index contributed by atoms with van der Waals surface area (Å²) in [5.74, 6) is -0.0556. The fourth-order valence-corrected chi connectivity index (χ4v) is 1.42. The molecule has 0 aliphatic rings. The topological polar surface area (TPSA) is 86.7 Å². The summed E-state index contributed by atoms with van der Waals surface area (Å²) in [6, 6.07) is 4.72. The van der Waals surface area contributed by atoms with Crippen LogP contribution in [0.2, 0.25) is 0 Å². The zero-order chi connectivity index (χ0) is 11.4. The third kappa shape index (κ3) is 2.82. The van der Waals surface area contributed by atoms with Crippen LogP contribution in [0.4, 0.5) is 5.69 Å². The van der Waals surface area contributed by atoms with Gasteiger partial charge in [-0.05, 0) is 17.7 Å². The van der Waals surface area contributed by atoms with Crippen LogP contribution in [-0.4, -0.2) is 27.3 Å². The first kappa shape index (κ1) is 12.3. The number of nitrogens with two attached hydrogens (primary N) is 1. The van der Waals surface area contributed by atoms with Gasteiger partial charge in [0, 0.05) is 11.3 Å². The van der Waals surface area contributed by atoms with Crippen LogP contribution in [0.3, 0.4) is 0 Å². The molecule has 0 radical (unpaired) electrons. The molecule has 0 saturated carbocycles. The van der Waals surface area contributed by atoms with Gasteiger partial charge in [0.15, 0.2) is 0 Å². The molecule has 5 N–H and O–H groups in total. The number of aliphatic hydroxyl groups is 3. The van der Waals surface area contributed by atoms with Crippen LogP contribution in [0.25, 0.3) is 0 Å². The van der Waals surface area contributed by atoms with Gasteiger partial charge in [-0.25, -0.2) is 0 Å². The minimum absolute atomic E-state index is 0.0556. The van der Waals surface area contributed by atoms with E-state index in [0.29, 0.717) is 16.8 Å². The second-order valence-electron chi connectivity index (χ2n) is 3.28. The Morgan fingerprint density at radius 1 is 1.33 bits per heavy atom. The summed E-state index contributed by atoms with van der Waals surface area (Å²) in [6.07, 6.45) is -2.09. The number of alkyl halides is 1. The molecule has 5 heteroatoms. The number of hydrogen-bond acceptors (Lipinski definition) is 4. The summed E-state index contributed by atoms with van der Waals surface area (Å²) in [6.45, 7) is -0.205. The molecule has 0 bridgehead atoms. The van der Waals surface area contributed by atoms with Crippen molar-refractivity contribution in [2.75, 3.05) is 11.6 Å². The van der Waals surface area contributed by atoms with Crippen molar-refractivity contribution in [2.45, 2.75) is 18.8 Å². The molecule has 0 aliphatic carbocycles. The van der Waals surface area contributed by atoms with Gasteiger partial charge in [-0.3, -0.25) is 0 Å². The highest BCUT2D eigenvalue weighted by atomic mass is 35.5. The van der Waals surface area contributed by atoms with E-state index >= 15 is 0 Å². The number of anilines is 1. The van der Waals surface area contributed by atoms with Crippen molar-refractivity contribution < 1.29 is 15.3 Å². The smallest absolute Gasteiger partial charge is 0.106 e. The van der Waals surface area contributed by atoms with Crippen molar-refractivity contribution in [1.29, 1.82) is 0 Å². The Kier molecular flexibility index (Phi) is 4.35. The zero-order valence-corrected chi connectivity index (χ0v) is 8.85. The Labute approximate surface area is 92.9 Å². The molecule has 4 nitrogen and oxygen atoms in total. The molecule has 0 fully saturated rings. The van der Waals surface area contributed by atoms with Crippen LogP contribution in [-0.2, 0) is 6.61 Å². The van der Waals surface area contributed by atoms with Crippen LogP contribution < -0.4 is 5.73 Å². The highest BCUT2D eigenvalue weighted by Gasteiger charge is 2.17. The SMILES string of the molecule is Nc1ccc(C(O)C(O)CCl)cc1CO. The minimum Gasteiger partial charge on any atom is -0.398 e.